The Labute approximate surface area is 207 Å². The number of amides is 1. The third-order valence-corrected chi connectivity index (χ3v) is 5.89. The number of carbonyl (C=O) groups is 1. The van der Waals surface area contributed by atoms with E-state index in [9.17, 15) is 4.79 Å². The van der Waals surface area contributed by atoms with Gasteiger partial charge >= 0.3 is 0 Å². The Morgan fingerprint density at radius 1 is 1.15 bits per heavy atom. The molecule has 0 aliphatic heterocycles. The Morgan fingerprint density at radius 3 is 2.68 bits per heavy atom. The van der Waals surface area contributed by atoms with E-state index in [-0.39, 0.29) is 12.4 Å². The van der Waals surface area contributed by atoms with Gasteiger partial charge in [0.2, 0.25) is 0 Å². The second-order valence-electron chi connectivity index (χ2n) is 7.64. The summed E-state index contributed by atoms with van der Waals surface area (Å²) in [6, 6.07) is 18.2. The number of hydrogen-bond acceptors (Lipinski definition) is 4. The summed E-state index contributed by atoms with van der Waals surface area (Å²) < 4.78 is 13.3. The van der Waals surface area contributed by atoms with Crippen LogP contribution in [0.2, 0.25) is 10.0 Å². The van der Waals surface area contributed by atoms with Crippen LogP contribution < -0.4 is 10.1 Å². The van der Waals surface area contributed by atoms with Crippen LogP contribution in [0.25, 0.3) is 0 Å². The van der Waals surface area contributed by atoms with Crippen LogP contribution in [0, 0.1) is 6.92 Å². The number of rotatable bonds is 9. The first-order valence-corrected chi connectivity index (χ1v) is 11.4. The molecule has 0 aliphatic rings. The smallest absolute Gasteiger partial charge is 0.292 e. The minimum atomic E-state index is -0.404. The second-order valence-corrected chi connectivity index (χ2v) is 8.45. The van der Waals surface area contributed by atoms with Gasteiger partial charge in [-0.1, -0.05) is 53.5 Å². The molecular formula is C26H23Cl2N3O3. The summed E-state index contributed by atoms with van der Waals surface area (Å²) in [5.74, 6) is 1.45. The minimum absolute atomic E-state index is 0.166. The molecule has 1 N–H and O–H groups in total. The molecule has 2 heterocycles. The Morgan fingerprint density at radius 2 is 1.91 bits per heavy atom. The molecule has 174 valence electrons. The van der Waals surface area contributed by atoms with Crippen LogP contribution in [0.1, 0.15) is 33.1 Å². The fourth-order valence-corrected chi connectivity index (χ4v) is 3.95. The lowest BCUT2D eigenvalue weighted by molar-refractivity contribution is 0.0992. The van der Waals surface area contributed by atoms with Crippen LogP contribution in [-0.4, -0.2) is 15.7 Å². The number of hydrogen-bond donors (Lipinski definition) is 1. The summed E-state index contributed by atoms with van der Waals surface area (Å²) >= 11 is 12.5. The number of nitrogens with zero attached hydrogens (tertiary/aromatic N) is 2. The van der Waals surface area contributed by atoms with Crippen molar-refractivity contribution in [3.8, 4) is 5.75 Å². The van der Waals surface area contributed by atoms with E-state index in [2.05, 4.69) is 17.0 Å². The maximum absolute atomic E-state index is 12.7. The molecule has 1 amide bonds. The summed E-state index contributed by atoms with van der Waals surface area (Å²) in [6.45, 7) is 6.25. The minimum Gasteiger partial charge on any atom is -0.485 e. The van der Waals surface area contributed by atoms with E-state index in [0.717, 1.165) is 22.6 Å². The van der Waals surface area contributed by atoms with Gasteiger partial charge in [-0.3, -0.25) is 9.48 Å². The molecule has 0 spiro atoms. The molecule has 0 saturated carbocycles. The summed E-state index contributed by atoms with van der Waals surface area (Å²) in [4.78, 5) is 12.7. The zero-order chi connectivity index (χ0) is 24.1. The van der Waals surface area contributed by atoms with Crippen LogP contribution >= 0.6 is 23.2 Å². The predicted molar refractivity (Wildman–Crippen MR) is 134 cm³/mol. The molecule has 0 unspecified atom stereocenters. The van der Waals surface area contributed by atoms with Gasteiger partial charge in [0.1, 0.15) is 18.1 Å². The highest BCUT2D eigenvalue weighted by atomic mass is 35.5. The fraction of sp³-hybridized carbons (Fsp3) is 0.154. The molecule has 0 saturated heterocycles. The van der Waals surface area contributed by atoms with Gasteiger partial charge in [0.05, 0.1) is 6.54 Å². The summed E-state index contributed by atoms with van der Waals surface area (Å²) in [5, 5.41) is 8.34. The van der Waals surface area contributed by atoms with E-state index >= 15 is 0 Å². The molecule has 2 aromatic carbocycles. The number of benzene rings is 2. The first-order chi connectivity index (χ1) is 16.4. The van der Waals surface area contributed by atoms with E-state index in [4.69, 9.17) is 32.4 Å². The van der Waals surface area contributed by atoms with Crippen molar-refractivity contribution in [2.24, 2.45) is 0 Å². The van der Waals surface area contributed by atoms with Gasteiger partial charge in [-0.25, -0.2) is 0 Å². The molecule has 0 bridgehead atoms. The molecule has 0 atom stereocenters. The quantitative estimate of drug-likeness (QED) is 0.262. The highest BCUT2D eigenvalue weighted by Crippen LogP contribution is 2.26. The molecular weight excluding hydrogens is 473 g/mol. The largest absolute Gasteiger partial charge is 0.485 e. The number of halogens is 2. The third-order valence-electron chi connectivity index (χ3n) is 5.18. The highest BCUT2D eigenvalue weighted by molar-refractivity contribution is 6.35. The standard InChI is InChI=1S/C26H23Cl2N3O3/c1-3-7-18-8-4-5-11-23(18)33-16-19-12-13-24(34-19)26(32)29-25-14-17(2)31(30-25)15-20-21(27)9-6-10-22(20)28/h3-6,8-14H,1,7,15-16H2,2H3,(H,29,30,32). The normalized spacial score (nSPS) is 10.8. The monoisotopic (exact) mass is 495 g/mol. The van der Waals surface area contributed by atoms with Crippen LogP contribution in [0.3, 0.4) is 0 Å². The van der Waals surface area contributed by atoms with Crippen LogP contribution in [0.5, 0.6) is 5.75 Å². The summed E-state index contributed by atoms with van der Waals surface area (Å²) in [7, 11) is 0. The number of anilines is 1. The number of furan rings is 1. The average Bonchev–Trinajstić information content (AvgIpc) is 3.42. The molecule has 2 aromatic heterocycles. The lowest BCUT2D eigenvalue weighted by Crippen LogP contribution is -2.12. The molecule has 0 aliphatic carbocycles. The van der Waals surface area contributed by atoms with Crippen LogP contribution in [-0.2, 0) is 19.6 Å². The van der Waals surface area contributed by atoms with E-state index < -0.39 is 5.91 Å². The van der Waals surface area contributed by atoms with Crippen molar-refractivity contribution >= 4 is 34.9 Å². The topological polar surface area (TPSA) is 69.3 Å². The maximum atomic E-state index is 12.7. The Hall–Kier alpha value is -3.48. The van der Waals surface area contributed by atoms with E-state index in [1.807, 2.05) is 37.3 Å². The molecule has 0 fully saturated rings. The first-order valence-electron chi connectivity index (χ1n) is 10.6. The lowest BCUT2D eigenvalue weighted by Gasteiger charge is -2.09. The van der Waals surface area contributed by atoms with Gasteiger partial charge in [-0.15, -0.1) is 6.58 Å². The van der Waals surface area contributed by atoms with Crippen LogP contribution in [0.15, 0.2) is 77.7 Å². The Kier molecular flexibility index (Phi) is 7.40. The number of carbonyl (C=O) groups excluding carboxylic acids is 1. The number of aromatic nitrogens is 2. The molecule has 34 heavy (non-hydrogen) atoms. The Bertz CT molecular complexity index is 1310. The summed E-state index contributed by atoms with van der Waals surface area (Å²) in [5.41, 5.74) is 2.64. The first kappa shape index (κ1) is 23.7. The SMILES string of the molecule is C=CCc1ccccc1OCc1ccc(C(=O)Nc2cc(C)n(Cc3c(Cl)cccc3Cl)n2)o1. The maximum Gasteiger partial charge on any atom is 0.292 e. The van der Waals surface area contributed by atoms with E-state index in [1.165, 1.54) is 0 Å². The van der Waals surface area contributed by atoms with Crippen molar-refractivity contribution in [2.75, 3.05) is 5.32 Å². The highest BCUT2D eigenvalue weighted by Gasteiger charge is 2.16. The molecule has 6 nitrogen and oxygen atoms in total. The van der Waals surface area contributed by atoms with Crippen molar-refractivity contribution in [2.45, 2.75) is 26.5 Å². The molecule has 4 aromatic rings. The number of ether oxygens (including phenoxy) is 1. The Balaban J connectivity index is 1.40. The predicted octanol–water partition coefficient (Wildman–Crippen LogP) is 6.70. The molecule has 4 rings (SSSR count). The van der Waals surface area contributed by atoms with Gasteiger partial charge in [0.15, 0.2) is 11.6 Å². The fourth-order valence-electron chi connectivity index (χ4n) is 3.44. The number of aryl methyl sites for hydroxylation is 1. The van der Waals surface area contributed by atoms with Gasteiger partial charge < -0.3 is 14.5 Å². The average molecular weight is 496 g/mol. The van der Waals surface area contributed by atoms with Crippen molar-refractivity contribution in [1.82, 2.24) is 9.78 Å². The van der Waals surface area contributed by atoms with Gasteiger partial charge in [0, 0.05) is 27.4 Å². The number of nitrogens with one attached hydrogen (secondary N) is 1. The summed E-state index contributed by atoms with van der Waals surface area (Å²) in [6.07, 6.45) is 2.53. The van der Waals surface area contributed by atoms with Crippen LogP contribution in [0.4, 0.5) is 5.82 Å². The zero-order valence-corrected chi connectivity index (χ0v) is 20.1. The van der Waals surface area contributed by atoms with Gasteiger partial charge in [-0.05, 0) is 49.2 Å². The van der Waals surface area contributed by atoms with Crippen molar-refractivity contribution < 1.29 is 13.9 Å². The second kappa shape index (κ2) is 10.6. The van der Waals surface area contributed by atoms with Gasteiger partial charge in [0.25, 0.3) is 5.91 Å². The van der Waals surface area contributed by atoms with Crippen molar-refractivity contribution in [3.63, 3.8) is 0 Å². The van der Waals surface area contributed by atoms with Gasteiger partial charge in [-0.2, -0.15) is 5.10 Å². The molecule has 0 radical (unpaired) electrons. The van der Waals surface area contributed by atoms with E-state index in [0.29, 0.717) is 34.6 Å². The van der Waals surface area contributed by atoms with E-state index in [1.54, 1.807) is 41.1 Å². The number of allylic oxidation sites excluding steroid dienone is 1. The molecule has 8 heteroatoms. The number of para-hydroxylation sites is 1. The third kappa shape index (κ3) is 5.53. The van der Waals surface area contributed by atoms with Crippen molar-refractivity contribution in [1.29, 1.82) is 0 Å². The zero-order valence-electron chi connectivity index (χ0n) is 18.6. The lowest BCUT2D eigenvalue weighted by atomic mass is 10.1. The van der Waals surface area contributed by atoms with Crippen molar-refractivity contribution in [3.05, 3.63) is 112 Å².